The van der Waals surface area contributed by atoms with Crippen LogP contribution in [0.15, 0.2) is 72.7 Å². The van der Waals surface area contributed by atoms with E-state index in [-0.39, 0.29) is 21.5 Å². The number of hydrogen-bond acceptors (Lipinski definition) is 9. The summed E-state index contributed by atoms with van der Waals surface area (Å²) in [5.74, 6) is -0.541. The van der Waals surface area contributed by atoms with Crippen molar-refractivity contribution in [1.82, 2.24) is 25.9 Å². The van der Waals surface area contributed by atoms with Crippen molar-refractivity contribution in [2.24, 2.45) is 5.41 Å². The fraction of sp³-hybridized carbons (Fsp3) is 0.385. The lowest BCUT2D eigenvalue weighted by molar-refractivity contribution is 0.0570. The fourth-order valence-electron chi connectivity index (χ4n) is 6.70. The van der Waals surface area contributed by atoms with E-state index in [1.165, 1.54) is 18.3 Å². The van der Waals surface area contributed by atoms with Gasteiger partial charge in [0.05, 0.1) is 44.7 Å². The molecule has 268 valence electrons. The fourth-order valence-corrected chi connectivity index (χ4v) is 7.15. The molecule has 51 heavy (non-hydrogen) atoms. The van der Waals surface area contributed by atoms with E-state index < -0.39 is 18.0 Å². The monoisotopic (exact) mass is 730 g/mol. The molecule has 6 rings (SSSR count). The third-order valence-corrected chi connectivity index (χ3v) is 10.2. The van der Waals surface area contributed by atoms with E-state index >= 15 is 0 Å². The van der Waals surface area contributed by atoms with Gasteiger partial charge in [-0.1, -0.05) is 68.2 Å². The van der Waals surface area contributed by atoms with Crippen molar-refractivity contribution < 1.29 is 9.50 Å². The van der Waals surface area contributed by atoms with Gasteiger partial charge in [-0.2, -0.15) is 5.26 Å². The SMILES string of the molecule is CC(C)(C)C(O)c1cccc([C@H](Nc2cc(Cl)c3ncc(C#N)c(Nc4ccc(F)c(Cl)c4)c3c2)C2=CN(C3CCN(C(C)(C)C)CC3)NN2)c1. The van der Waals surface area contributed by atoms with Crippen molar-refractivity contribution in [3.05, 3.63) is 105 Å². The Morgan fingerprint density at radius 1 is 0.980 bits per heavy atom. The molecule has 0 radical (unpaired) electrons. The summed E-state index contributed by atoms with van der Waals surface area (Å²) in [5, 5.41) is 31.3. The second kappa shape index (κ2) is 14.5. The lowest BCUT2D eigenvalue weighted by atomic mass is 9.84. The van der Waals surface area contributed by atoms with Gasteiger partial charge in [0.1, 0.15) is 11.9 Å². The third-order valence-electron chi connectivity index (χ3n) is 9.65. The largest absolute Gasteiger partial charge is 0.388 e. The van der Waals surface area contributed by atoms with Gasteiger partial charge < -0.3 is 21.2 Å². The Bertz CT molecular complexity index is 1990. The van der Waals surface area contributed by atoms with Crippen molar-refractivity contribution in [1.29, 1.82) is 5.26 Å². The molecule has 0 saturated carbocycles. The van der Waals surface area contributed by atoms with Crippen LogP contribution in [0.3, 0.4) is 0 Å². The Kier molecular flexibility index (Phi) is 10.4. The van der Waals surface area contributed by atoms with E-state index in [2.05, 4.69) is 69.5 Å². The molecule has 3 heterocycles. The summed E-state index contributed by atoms with van der Waals surface area (Å²) in [6, 6.07) is 18.1. The molecule has 1 saturated heterocycles. The van der Waals surface area contributed by atoms with Crippen LogP contribution >= 0.6 is 23.2 Å². The minimum Gasteiger partial charge on any atom is -0.388 e. The van der Waals surface area contributed by atoms with Gasteiger partial charge >= 0.3 is 0 Å². The molecule has 9 nitrogen and oxygen atoms in total. The molecule has 0 amide bonds. The summed E-state index contributed by atoms with van der Waals surface area (Å²) in [7, 11) is 0. The number of piperidine rings is 1. The predicted octanol–water partition coefficient (Wildman–Crippen LogP) is 8.96. The van der Waals surface area contributed by atoms with Gasteiger partial charge in [-0.25, -0.2) is 4.39 Å². The number of halogens is 3. The van der Waals surface area contributed by atoms with Crippen LogP contribution in [0, 0.1) is 22.6 Å². The highest BCUT2D eigenvalue weighted by molar-refractivity contribution is 6.36. The molecule has 1 fully saturated rings. The van der Waals surface area contributed by atoms with Gasteiger partial charge in [0, 0.05) is 53.8 Å². The molecular formula is C39H45Cl2FN8O. The van der Waals surface area contributed by atoms with Crippen LogP contribution in [0.4, 0.5) is 21.5 Å². The summed E-state index contributed by atoms with van der Waals surface area (Å²) in [5.41, 5.74) is 11.6. The lowest BCUT2D eigenvalue weighted by Crippen LogP contribution is -2.52. The maximum Gasteiger partial charge on any atom is 0.141 e. The average Bonchev–Trinajstić information content (AvgIpc) is 3.58. The number of anilines is 3. The van der Waals surface area contributed by atoms with Crippen molar-refractivity contribution in [2.75, 3.05) is 23.7 Å². The Hall–Kier alpha value is -4.11. The minimum absolute atomic E-state index is 0.0429. The summed E-state index contributed by atoms with van der Waals surface area (Å²) < 4.78 is 14.0. The van der Waals surface area contributed by atoms with Crippen LogP contribution in [0.5, 0.6) is 0 Å². The van der Waals surface area contributed by atoms with Gasteiger partial charge in [0.2, 0.25) is 0 Å². The van der Waals surface area contributed by atoms with Gasteiger partial charge in [0.15, 0.2) is 0 Å². The Balaban J connectivity index is 1.39. The number of likely N-dealkylation sites (tertiary alicyclic amines) is 1. The minimum atomic E-state index is -0.676. The molecule has 4 aromatic rings. The highest BCUT2D eigenvalue weighted by Crippen LogP contribution is 2.39. The maximum absolute atomic E-state index is 14.0. The topological polar surface area (TPSA) is 112 Å². The molecule has 2 atom stereocenters. The summed E-state index contributed by atoms with van der Waals surface area (Å²) >= 11 is 13.0. The van der Waals surface area contributed by atoms with Gasteiger partial charge in [0.25, 0.3) is 0 Å². The molecule has 1 aromatic heterocycles. The number of benzene rings is 3. The number of nitrogens with zero attached hydrogens (tertiary/aromatic N) is 4. The second-order valence-electron chi connectivity index (χ2n) is 15.4. The van der Waals surface area contributed by atoms with Gasteiger partial charge in [-0.3, -0.25) is 14.9 Å². The first-order chi connectivity index (χ1) is 24.1. The maximum atomic E-state index is 14.0. The Morgan fingerprint density at radius 3 is 2.35 bits per heavy atom. The first kappa shape index (κ1) is 36.7. The quantitative estimate of drug-likeness (QED) is 0.121. The van der Waals surface area contributed by atoms with Crippen LogP contribution in [-0.2, 0) is 0 Å². The van der Waals surface area contributed by atoms with Crippen LogP contribution in [0.1, 0.15) is 83.2 Å². The van der Waals surface area contributed by atoms with Gasteiger partial charge in [-0.05, 0) is 80.5 Å². The third kappa shape index (κ3) is 8.03. The van der Waals surface area contributed by atoms with Crippen molar-refractivity contribution in [3.63, 3.8) is 0 Å². The number of nitrogens with one attached hydrogen (secondary N) is 4. The summed E-state index contributed by atoms with van der Waals surface area (Å²) in [6.45, 7) is 14.8. The number of pyridine rings is 1. The van der Waals surface area contributed by atoms with Crippen LogP contribution in [-0.4, -0.2) is 44.7 Å². The first-order valence-corrected chi connectivity index (χ1v) is 17.9. The lowest BCUT2D eigenvalue weighted by Gasteiger charge is -2.42. The summed E-state index contributed by atoms with van der Waals surface area (Å²) in [4.78, 5) is 7.02. The number of fused-ring (bicyclic) bond motifs is 1. The molecule has 2 aliphatic heterocycles. The number of nitriles is 1. The number of aliphatic hydroxyl groups excluding tert-OH is 1. The van der Waals surface area contributed by atoms with E-state index in [4.69, 9.17) is 23.2 Å². The predicted molar refractivity (Wildman–Crippen MR) is 204 cm³/mol. The second-order valence-corrected chi connectivity index (χ2v) is 16.2. The zero-order chi connectivity index (χ0) is 36.7. The average molecular weight is 732 g/mol. The van der Waals surface area contributed by atoms with E-state index in [1.807, 2.05) is 57.2 Å². The number of aliphatic hydroxyl groups is 1. The molecule has 0 aliphatic carbocycles. The highest BCUT2D eigenvalue weighted by Gasteiger charge is 2.33. The zero-order valence-electron chi connectivity index (χ0n) is 29.8. The molecule has 2 aliphatic rings. The number of hydrogen-bond donors (Lipinski definition) is 5. The summed E-state index contributed by atoms with van der Waals surface area (Å²) in [6.07, 6.45) is 4.94. The standard InChI is InChI=1S/C39H45Cl2FN8O/c1-38(2,3)37(51)24-9-7-8-23(16-24)35(33-22-50(48-47-33)28-12-14-49(15-13-28)39(4,5)6)46-27-17-29-34(45-26-10-11-32(42)30(40)18-26)25(20-43)21-44-36(29)31(41)19-27/h7-11,16-19,21-22,28,35,37,46-48,51H,12-15H2,1-6H3,(H,44,45)/t35-,37?/m0/s1. The van der Waals surface area contributed by atoms with E-state index in [9.17, 15) is 14.8 Å². The molecule has 0 spiro atoms. The Labute approximate surface area is 309 Å². The number of aromatic nitrogens is 1. The van der Waals surface area contributed by atoms with Gasteiger partial charge in [-0.15, -0.1) is 5.53 Å². The zero-order valence-corrected chi connectivity index (χ0v) is 31.3. The smallest absolute Gasteiger partial charge is 0.141 e. The normalized spacial score (nSPS) is 17.1. The highest BCUT2D eigenvalue weighted by atomic mass is 35.5. The van der Waals surface area contributed by atoms with E-state index in [0.717, 1.165) is 42.8 Å². The molecule has 1 unspecified atom stereocenters. The van der Waals surface area contributed by atoms with Crippen molar-refractivity contribution in [3.8, 4) is 6.07 Å². The van der Waals surface area contributed by atoms with E-state index in [0.29, 0.717) is 39.0 Å². The van der Waals surface area contributed by atoms with Crippen LogP contribution in [0.25, 0.3) is 10.9 Å². The van der Waals surface area contributed by atoms with Crippen LogP contribution < -0.4 is 21.6 Å². The molecule has 5 N–H and O–H groups in total. The number of rotatable bonds is 8. The molecular weight excluding hydrogens is 686 g/mol. The number of hydrazine groups is 2. The van der Waals surface area contributed by atoms with E-state index in [1.54, 1.807) is 6.07 Å². The molecule has 0 bridgehead atoms. The first-order valence-electron chi connectivity index (χ1n) is 17.2. The van der Waals surface area contributed by atoms with Crippen molar-refractivity contribution >= 4 is 51.2 Å². The van der Waals surface area contributed by atoms with Crippen LogP contribution in [0.2, 0.25) is 10.0 Å². The van der Waals surface area contributed by atoms with Crippen molar-refractivity contribution in [2.45, 2.75) is 78.1 Å². The Morgan fingerprint density at radius 2 is 1.69 bits per heavy atom. The molecule has 12 heteroatoms. The molecule has 3 aromatic carbocycles.